The van der Waals surface area contributed by atoms with E-state index in [0.29, 0.717) is 5.70 Å². The number of nitrogens with two attached hydrogens (primary N) is 1. The highest BCUT2D eigenvalue weighted by atomic mass is 14.6. The molecule has 0 aromatic heterocycles. The number of allylic oxidation sites excluding steroid dienone is 3. The molecule has 2 heteroatoms. The molecule has 0 atom stereocenters. The van der Waals surface area contributed by atoms with Crippen LogP contribution in [0, 0.1) is 0 Å². The summed E-state index contributed by atoms with van der Waals surface area (Å²) >= 11 is 0. The Hall–Kier alpha value is -1.31. The van der Waals surface area contributed by atoms with Crippen molar-refractivity contribution in [1.82, 2.24) is 0 Å². The highest BCUT2D eigenvalue weighted by molar-refractivity contribution is 5.83. The van der Waals surface area contributed by atoms with Gasteiger partial charge in [-0.3, -0.25) is 4.99 Å². The second-order valence-corrected chi connectivity index (χ2v) is 1.71. The monoisotopic (exact) mass is 136 g/mol. The van der Waals surface area contributed by atoms with E-state index >= 15 is 0 Å². The zero-order valence-electron chi connectivity index (χ0n) is 6.17. The smallest absolute Gasteiger partial charge is 0.0396 e. The molecule has 0 bridgehead atoms. The SMILES string of the molecule is C=C/C(N)=C(\C=C)C=NC. The second-order valence-electron chi connectivity index (χ2n) is 1.71. The lowest BCUT2D eigenvalue weighted by Crippen LogP contribution is -1.98. The van der Waals surface area contributed by atoms with E-state index in [1.165, 1.54) is 0 Å². The largest absolute Gasteiger partial charge is 0.398 e. The molecule has 54 valence electrons. The molecule has 0 aliphatic heterocycles. The van der Waals surface area contributed by atoms with Gasteiger partial charge in [0.2, 0.25) is 0 Å². The summed E-state index contributed by atoms with van der Waals surface area (Å²) in [5.41, 5.74) is 6.91. The van der Waals surface area contributed by atoms with E-state index in [1.807, 2.05) is 0 Å². The third-order valence-electron chi connectivity index (χ3n) is 1.04. The van der Waals surface area contributed by atoms with Crippen LogP contribution in [0.4, 0.5) is 0 Å². The molecule has 0 heterocycles. The Bertz CT molecular complexity index is 187. The molecule has 0 spiro atoms. The summed E-state index contributed by atoms with van der Waals surface area (Å²) in [4.78, 5) is 3.79. The van der Waals surface area contributed by atoms with E-state index in [-0.39, 0.29) is 0 Å². The minimum absolute atomic E-state index is 0.598. The lowest BCUT2D eigenvalue weighted by molar-refractivity contribution is 1.39. The standard InChI is InChI=1S/C8H12N2/c1-4-7(6-10-3)8(9)5-2/h4-6H,1-2,9H2,3H3/b8-7-,10-6?. The summed E-state index contributed by atoms with van der Waals surface area (Å²) in [6, 6.07) is 0. The van der Waals surface area contributed by atoms with Gasteiger partial charge in [0.05, 0.1) is 0 Å². The Balaban J connectivity index is 4.61. The molecule has 0 fully saturated rings. The summed E-state index contributed by atoms with van der Waals surface area (Å²) < 4.78 is 0. The van der Waals surface area contributed by atoms with Crippen molar-refractivity contribution in [3.8, 4) is 0 Å². The van der Waals surface area contributed by atoms with E-state index in [2.05, 4.69) is 18.2 Å². The second kappa shape index (κ2) is 4.56. The van der Waals surface area contributed by atoms with Gasteiger partial charge in [-0.15, -0.1) is 0 Å². The highest BCUT2D eigenvalue weighted by Gasteiger charge is 1.88. The molecule has 0 saturated carbocycles. The molecule has 0 amide bonds. The topological polar surface area (TPSA) is 38.4 Å². The molecule has 0 aromatic rings. The van der Waals surface area contributed by atoms with Gasteiger partial charge >= 0.3 is 0 Å². The molecule has 0 aromatic carbocycles. The zero-order valence-corrected chi connectivity index (χ0v) is 6.17. The molecule has 0 saturated heterocycles. The van der Waals surface area contributed by atoms with Gasteiger partial charge < -0.3 is 5.73 Å². The fraction of sp³-hybridized carbons (Fsp3) is 0.125. The summed E-state index contributed by atoms with van der Waals surface area (Å²) in [5.74, 6) is 0. The maximum absolute atomic E-state index is 5.51. The maximum Gasteiger partial charge on any atom is 0.0396 e. The summed E-state index contributed by atoms with van der Waals surface area (Å²) in [5, 5.41) is 0. The fourth-order valence-corrected chi connectivity index (χ4v) is 0.502. The Morgan fingerprint density at radius 1 is 1.40 bits per heavy atom. The number of aliphatic imine (C=N–C) groups is 1. The van der Waals surface area contributed by atoms with E-state index in [4.69, 9.17) is 5.73 Å². The third-order valence-corrected chi connectivity index (χ3v) is 1.04. The van der Waals surface area contributed by atoms with Gasteiger partial charge in [0.25, 0.3) is 0 Å². The van der Waals surface area contributed by atoms with Crippen LogP contribution in [0.1, 0.15) is 0 Å². The Kier molecular flexibility index (Phi) is 3.96. The highest BCUT2D eigenvalue weighted by Crippen LogP contribution is 1.96. The summed E-state index contributed by atoms with van der Waals surface area (Å²) in [7, 11) is 1.68. The maximum atomic E-state index is 5.51. The van der Waals surface area contributed by atoms with Crippen molar-refractivity contribution in [3.63, 3.8) is 0 Å². The van der Waals surface area contributed by atoms with Crippen LogP contribution in [0.25, 0.3) is 0 Å². The number of nitrogens with zero attached hydrogens (tertiary/aromatic N) is 1. The molecule has 0 aliphatic carbocycles. The minimum atomic E-state index is 0.598. The number of hydrogen-bond acceptors (Lipinski definition) is 2. The zero-order chi connectivity index (χ0) is 7.98. The van der Waals surface area contributed by atoms with Crippen LogP contribution in [0.5, 0.6) is 0 Å². The van der Waals surface area contributed by atoms with Gasteiger partial charge in [-0.1, -0.05) is 19.2 Å². The molecule has 0 radical (unpaired) electrons. The normalized spacial score (nSPS) is 12.9. The molecule has 0 rings (SSSR count). The minimum Gasteiger partial charge on any atom is -0.398 e. The van der Waals surface area contributed by atoms with E-state index in [9.17, 15) is 0 Å². The lowest BCUT2D eigenvalue weighted by atomic mass is 10.2. The van der Waals surface area contributed by atoms with Gasteiger partial charge in [0.1, 0.15) is 0 Å². The van der Waals surface area contributed by atoms with Crippen LogP contribution in [0.2, 0.25) is 0 Å². The van der Waals surface area contributed by atoms with Crippen molar-refractivity contribution in [1.29, 1.82) is 0 Å². The van der Waals surface area contributed by atoms with Crippen molar-refractivity contribution in [2.45, 2.75) is 0 Å². The fourth-order valence-electron chi connectivity index (χ4n) is 0.502. The average Bonchev–Trinajstić information content (AvgIpc) is 1.99. The predicted molar refractivity (Wildman–Crippen MR) is 46.0 cm³/mol. The third kappa shape index (κ3) is 2.31. The first-order valence-corrected chi connectivity index (χ1v) is 2.93. The van der Waals surface area contributed by atoms with Crippen LogP contribution in [0.15, 0.2) is 41.6 Å². The first-order chi connectivity index (χ1) is 4.76. The van der Waals surface area contributed by atoms with Gasteiger partial charge in [-0.25, -0.2) is 0 Å². The average molecular weight is 136 g/mol. The quantitative estimate of drug-likeness (QED) is 0.460. The molecule has 10 heavy (non-hydrogen) atoms. The van der Waals surface area contributed by atoms with Crippen LogP contribution in [-0.4, -0.2) is 13.3 Å². The molecular formula is C8H12N2. The van der Waals surface area contributed by atoms with Crippen molar-refractivity contribution in [2.24, 2.45) is 10.7 Å². The van der Waals surface area contributed by atoms with Crippen LogP contribution in [0.3, 0.4) is 0 Å². The van der Waals surface area contributed by atoms with Crippen LogP contribution >= 0.6 is 0 Å². The van der Waals surface area contributed by atoms with Gasteiger partial charge in [0.15, 0.2) is 0 Å². The van der Waals surface area contributed by atoms with Crippen molar-refractivity contribution in [2.75, 3.05) is 7.05 Å². The molecule has 0 aliphatic rings. The molecule has 2 N–H and O–H groups in total. The van der Waals surface area contributed by atoms with Gasteiger partial charge in [0, 0.05) is 24.5 Å². The Morgan fingerprint density at radius 2 is 2.00 bits per heavy atom. The molecular weight excluding hydrogens is 124 g/mol. The predicted octanol–water partition coefficient (Wildman–Crippen LogP) is 1.27. The van der Waals surface area contributed by atoms with Gasteiger partial charge in [-0.05, 0) is 6.08 Å². The first-order valence-electron chi connectivity index (χ1n) is 2.93. The number of hydrogen-bond donors (Lipinski definition) is 1. The Labute approximate surface area is 61.5 Å². The molecule has 2 nitrogen and oxygen atoms in total. The number of rotatable bonds is 3. The van der Waals surface area contributed by atoms with Crippen molar-refractivity contribution >= 4 is 6.21 Å². The lowest BCUT2D eigenvalue weighted by Gasteiger charge is -1.94. The Morgan fingerprint density at radius 3 is 2.30 bits per heavy atom. The summed E-state index contributed by atoms with van der Waals surface area (Å²) in [6.07, 6.45) is 4.85. The van der Waals surface area contributed by atoms with E-state index in [0.717, 1.165) is 5.57 Å². The van der Waals surface area contributed by atoms with Gasteiger partial charge in [-0.2, -0.15) is 0 Å². The molecule has 0 unspecified atom stereocenters. The van der Waals surface area contributed by atoms with Crippen molar-refractivity contribution in [3.05, 3.63) is 36.6 Å². The van der Waals surface area contributed by atoms with E-state index < -0.39 is 0 Å². The first kappa shape index (κ1) is 8.69. The van der Waals surface area contributed by atoms with Crippen LogP contribution < -0.4 is 5.73 Å². The van der Waals surface area contributed by atoms with Crippen LogP contribution in [-0.2, 0) is 0 Å². The van der Waals surface area contributed by atoms with E-state index in [1.54, 1.807) is 25.4 Å². The van der Waals surface area contributed by atoms with Crippen molar-refractivity contribution < 1.29 is 0 Å². The summed E-state index contributed by atoms with van der Waals surface area (Å²) in [6.45, 7) is 7.09.